The van der Waals surface area contributed by atoms with Crippen LogP contribution >= 0.6 is 11.3 Å². The standard InChI is InChI=1S/C17H19N5O3S/c1-11-9-14(21-25-11)18-15(23)10-22-6-4-12(5-7-22)16-19-20-17(26-16)13-3-2-8-24-13/h2-3,8-9,12H,4-7,10H2,1H3,(H,18,21,23). The van der Waals surface area contributed by atoms with Crippen molar-refractivity contribution in [3.8, 4) is 10.8 Å². The van der Waals surface area contributed by atoms with Crippen molar-refractivity contribution in [1.82, 2.24) is 20.3 Å². The van der Waals surface area contributed by atoms with Gasteiger partial charge in [0.2, 0.25) is 5.91 Å². The fourth-order valence-corrected chi connectivity index (χ4v) is 4.03. The van der Waals surface area contributed by atoms with E-state index in [4.69, 9.17) is 8.94 Å². The summed E-state index contributed by atoms with van der Waals surface area (Å²) in [5.41, 5.74) is 0. The summed E-state index contributed by atoms with van der Waals surface area (Å²) in [6.45, 7) is 3.85. The molecule has 9 heteroatoms. The summed E-state index contributed by atoms with van der Waals surface area (Å²) in [5, 5.41) is 17.0. The molecule has 0 bridgehead atoms. The first kappa shape index (κ1) is 16.9. The van der Waals surface area contributed by atoms with Crippen molar-refractivity contribution in [3.05, 3.63) is 35.2 Å². The molecule has 0 saturated carbocycles. The summed E-state index contributed by atoms with van der Waals surface area (Å²) in [7, 11) is 0. The summed E-state index contributed by atoms with van der Waals surface area (Å²) in [6, 6.07) is 5.44. The van der Waals surface area contributed by atoms with Crippen molar-refractivity contribution >= 4 is 23.1 Å². The van der Waals surface area contributed by atoms with Gasteiger partial charge in [-0.2, -0.15) is 0 Å². The Morgan fingerprint density at radius 1 is 1.38 bits per heavy atom. The maximum absolute atomic E-state index is 12.1. The Morgan fingerprint density at radius 2 is 2.23 bits per heavy atom. The number of likely N-dealkylation sites (tertiary alicyclic amines) is 1. The predicted octanol–water partition coefficient (Wildman–Crippen LogP) is 2.91. The normalized spacial score (nSPS) is 16.0. The zero-order chi connectivity index (χ0) is 17.9. The molecule has 0 aliphatic carbocycles. The number of aryl methyl sites for hydroxylation is 1. The molecule has 1 amide bonds. The van der Waals surface area contributed by atoms with Crippen molar-refractivity contribution in [2.75, 3.05) is 25.0 Å². The number of carbonyl (C=O) groups is 1. The second-order valence-electron chi connectivity index (χ2n) is 6.34. The van der Waals surface area contributed by atoms with Gasteiger partial charge in [-0.25, -0.2) is 0 Å². The quantitative estimate of drug-likeness (QED) is 0.734. The molecular weight excluding hydrogens is 354 g/mol. The van der Waals surface area contributed by atoms with E-state index in [1.54, 1.807) is 30.6 Å². The van der Waals surface area contributed by atoms with E-state index in [0.717, 1.165) is 41.7 Å². The average Bonchev–Trinajstić information content (AvgIpc) is 3.36. The van der Waals surface area contributed by atoms with Crippen LogP contribution in [0, 0.1) is 6.92 Å². The minimum Gasteiger partial charge on any atom is -0.462 e. The summed E-state index contributed by atoms with van der Waals surface area (Å²) >= 11 is 1.58. The molecule has 3 aromatic heterocycles. The van der Waals surface area contributed by atoms with Crippen LogP contribution in [0.2, 0.25) is 0 Å². The molecule has 1 saturated heterocycles. The molecule has 4 heterocycles. The topological polar surface area (TPSA) is 97.3 Å². The van der Waals surface area contributed by atoms with Crippen LogP contribution in [0.5, 0.6) is 0 Å². The molecule has 0 atom stereocenters. The minimum atomic E-state index is -0.0761. The van der Waals surface area contributed by atoms with Gasteiger partial charge < -0.3 is 14.3 Å². The second kappa shape index (κ2) is 7.38. The Hall–Kier alpha value is -2.52. The Bertz CT molecular complexity index is 865. The van der Waals surface area contributed by atoms with E-state index in [1.807, 2.05) is 12.1 Å². The lowest BCUT2D eigenvalue weighted by Gasteiger charge is -2.30. The number of hydrogen-bond donors (Lipinski definition) is 1. The molecule has 0 spiro atoms. The van der Waals surface area contributed by atoms with Gasteiger partial charge in [0.15, 0.2) is 16.6 Å². The van der Waals surface area contributed by atoms with E-state index in [-0.39, 0.29) is 5.91 Å². The molecular formula is C17H19N5O3S. The zero-order valence-corrected chi connectivity index (χ0v) is 15.2. The number of hydrogen-bond acceptors (Lipinski definition) is 8. The molecule has 1 N–H and O–H groups in total. The van der Waals surface area contributed by atoms with E-state index in [1.165, 1.54) is 0 Å². The monoisotopic (exact) mass is 373 g/mol. The van der Waals surface area contributed by atoms with Crippen LogP contribution in [0.25, 0.3) is 10.8 Å². The van der Waals surface area contributed by atoms with Gasteiger partial charge in [-0.15, -0.1) is 10.2 Å². The Labute approximate surface area is 154 Å². The van der Waals surface area contributed by atoms with Gasteiger partial charge >= 0.3 is 0 Å². The Kier molecular flexibility index (Phi) is 4.81. The highest BCUT2D eigenvalue weighted by molar-refractivity contribution is 7.14. The van der Waals surface area contributed by atoms with Gasteiger partial charge in [-0.05, 0) is 45.0 Å². The largest absolute Gasteiger partial charge is 0.462 e. The van der Waals surface area contributed by atoms with Gasteiger partial charge in [0, 0.05) is 12.0 Å². The van der Waals surface area contributed by atoms with Gasteiger partial charge in [0.05, 0.1) is 12.8 Å². The lowest BCUT2D eigenvalue weighted by molar-refractivity contribution is -0.117. The highest BCUT2D eigenvalue weighted by Crippen LogP contribution is 2.33. The van der Waals surface area contributed by atoms with Crippen molar-refractivity contribution in [2.45, 2.75) is 25.7 Å². The van der Waals surface area contributed by atoms with Gasteiger partial charge in [0.1, 0.15) is 10.8 Å². The first-order valence-corrected chi connectivity index (χ1v) is 9.32. The second-order valence-corrected chi connectivity index (χ2v) is 7.35. The van der Waals surface area contributed by atoms with Crippen molar-refractivity contribution < 1.29 is 13.7 Å². The highest BCUT2D eigenvalue weighted by atomic mass is 32.1. The molecule has 1 aliphatic rings. The summed E-state index contributed by atoms with van der Waals surface area (Å²) in [5.74, 6) is 2.20. The van der Waals surface area contributed by atoms with Crippen molar-refractivity contribution in [1.29, 1.82) is 0 Å². The molecule has 8 nitrogen and oxygen atoms in total. The third-order valence-corrected chi connectivity index (χ3v) is 5.47. The molecule has 0 radical (unpaired) electrons. The number of nitrogens with zero attached hydrogens (tertiary/aromatic N) is 4. The number of piperidine rings is 1. The SMILES string of the molecule is Cc1cc(NC(=O)CN2CCC(c3nnc(-c4ccco4)s3)CC2)no1. The van der Waals surface area contributed by atoms with Crippen LogP contribution in [0.1, 0.15) is 29.5 Å². The van der Waals surface area contributed by atoms with Crippen LogP contribution in [0.3, 0.4) is 0 Å². The van der Waals surface area contributed by atoms with E-state index in [0.29, 0.717) is 24.0 Å². The minimum absolute atomic E-state index is 0.0761. The fourth-order valence-electron chi connectivity index (χ4n) is 3.05. The molecule has 26 heavy (non-hydrogen) atoms. The lowest BCUT2D eigenvalue weighted by atomic mass is 9.98. The van der Waals surface area contributed by atoms with Crippen molar-refractivity contribution in [3.63, 3.8) is 0 Å². The first-order valence-electron chi connectivity index (χ1n) is 8.50. The fraction of sp³-hybridized carbons (Fsp3) is 0.412. The zero-order valence-electron chi connectivity index (χ0n) is 14.3. The molecule has 1 fully saturated rings. The van der Waals surface area contributed by atoms with Crippen molar-refractivity contribution in [2.24, 2.45) is 0 Å². The Morgan fingerprint density at radius 3 is 2.92 bits per heavy atom. The Balaban J connectivity index is 1.28. The van der Waals surface area contributed by atoms with Crippen LogP contribution in [0.15, 0.2) is 33.4 Å². The van der Waals surface area contributed by atoms with Crippen LogP contribution in [-0.4, -0.2) is 45.8 Å². The molecule has 4 rings (SSSR count). The van der Waals surface area contributed by atoms with E-state index in [2.05, 4.69) is 25.6 Å². The average molecular weight is 373 g/mol. The number of nitrogens with one attached hydrogen (secondary N) is 1. The number of aromatic nitrogens is 3. The van der Waals surface area contributed by atoms with E-state index < -0.39 is 0 Å². The maximum atomic E-state index is 12.1. The van der Waals surface area contributed by atoms with E-state index >= 15 is 0 Å². The molecule has 0 unspecified atom stereocenters. The van der Waals surface area contributed by atoms with Crippen LogP contribution < -0.4 is 5.32 Å². The number of rotatable bonds is 5. The lowest BCUT2D eigenvalue weighted by Crippen LogP contribution is -2.38. The predicted molar refractivity (Wildman–Crippen MR) is 95.9 cm³/mol. The van der Waals surface area contributed by atoms with Crippen LogP contribution in [-0.2, 0) is 4.79 Å². The highest BCUT2D eigenvalue weighted by Gasteiger charge is 2.25. The first-order chi connectivity index (χ1) is 12.7. The van der Waals surface area contributed by atoms with Gasteiger partial charge in [-0.3, -0.25) is 9.69 Å². The summed E-state index contributed by atoms with van der Waals surface area (Å²) in [4.78, 5) is 14.3. The van der Waals surface area contributed by atoms with E-state index in [9.17, 15) is 4.79 Å². The number of amides is 1. The third kappa shape index (κ3) is 3.83. The number of carbonyl (C=O) groups excluding carboxylic acids is 1. The summed E-state index contributed by atoms with van der Waals surface area (Å²) in [6.07, 6.45) is 3.56. The number of anilines is 1. The smallest absolute Gasteiger partial charge is 0.239 e. The molecule has 136 valence electrons. The molecule has 1 aliphatic heterocycles. The maximum Gasteiger partial charge on any atom is 0.239 e. The van der Waals surface area contributed by atoms with Gasteiger partial charge in [0.25, 0.3) is 0 Å². The third-order valence-electron chi connectivity index (χ3n) is 4.37. The van der Waals surface area contributed by atoms with Crippen LogP contribution in [0.4, 0.5) is 5.82 Å². The summed E-state index contributed by atoms with van der Waals surface area (Å²) < 4.78 is 10.3. The van der Waals surface area contributed by atoms with Gasteiger partial charge in [-0.1, -0.05) is 16.5 Å². The molecule has 0 aromatic carbocycles. The number of furan rings is 1. The molecule has 3 aromatic rings.